The number of amides is 4. The Bertz CT molecular complexity index is 1370. The first-order chi connectivity index (χ1) is 18.2. The number of ether oxygens (including phenoxy) is 1. The Morgan fingerprint density at radius 1 is 1.00 bits per heavy atom. The van der Waals surface area contributed by atoms with Crippen LogP contribution in [0.25, 0.3) is 0 Å². The summed E-state index contributed by atoms with van der Waals surface area (Å²) in [5.74, 6) is -0.347. The summed E-state index contributed by atoms with van der Waals surface area (Å²) in [6, 6.07) is 5.41. The van der Waals surface area contributed by atoms with Crippen molar-refractivity contribution in [1.29, 1.82) is 0 Å². The van der Waals surface area contributed by atoms with E-state index in [1.54, 1.807) is 27.5 Å². The third-order valence-electron chi connectivity index (χ3n) is 5.30. The summed E-state index contributed by atoms with van der Waals surface area (Å²) in [5.41, 5.74) is 0.899. The molecule has 0 aliphatic carbocycles. The van der Waals surface area contributed by atoms with E-state index in [0.29, 0.717) is 49.3 Å². The smallest absolute Gasteiger partial charge is 0.409 e. The SMILES string of the molecule is CCOC(=O)N1CCN(C(=O)Nc2nc(CC(=O)Nc3ccc(S(=O)(=O)Nc4nccs4)cc3)cs2)CC1. The highest BCUT2D eigenvalue weighted by Gasteiger charge is 2.25. The number of urea groups is 1. The second-order valence-corrected chi connectivity index (χ2v) is 11.4. The van der Waals surface area contributed by atoms with Crippen LogP contribution in [0.3, 0.4) is 0 Å². The highest BCUT2D eigenvalue weighted by molar-refractivity contribution is 7.93. The zero-order valence-corrected chi connectivity index (χ0v) is 22.7. The van der Waals surface area contributed by atoms with E-state index < -0.39 is 10.0 Å². The topological polar surface area (TPSA) is 163 Å². The first kappa shape index (κ1) is 27.3. The number of sulfonamides is 1. The minimum Gasteiger partial charge on any atom is -0.450 e. The van der Waals surface area contributed by atoms with Gasteiger partial charge in [0, 0.05) is 48.8 Å². The van der Waals surface area contributed by atoms with E-state index in [0.717, 1.165) is 0 Å². The molecule has 3 aromatic rings. The fourth-order valence-electron chi connectivity index (χ4n) is 3.46. The number of aromatic nitrogens is 2. The van der Waals surface area contributed by atoms with Crippen LogP contribution in [-0.4, -0.2) is 79.0 Å². The van der Waals surface area contributed by atoms with Gasteiger partial charge in [-0.3, -0.25) is 14.8 Å². The monoisotopic (exact) mass is 579 g/mol. The predicted octanol–water partition coefficient (Wildman–Crippen LogP) is 2.89. The van der Waals surface area contributed by atoms with Gasteiger partial charge in [-0.1, -0.05) is 0 Å². The molecular formula is C22H25N7O6S3. The molecule has 3 heterocycles. The third kappa shape index (κ3) is 7.17. The van der Waals surface area contributed by atoms with Crippen molar-refractivity contribution in [3.8, 4) is 0 Å². The molecule has 0 spiro atoms. The maximum atomic E-state index is 12.5. The lowest BCUT2D eigenvalue weighted by atomic mass is 10.3. The number of rotatable bonds is 8. The standard InChI is InChI=1S/C22H25N7O6S3/c1-2-35-22(32)29-10-8-28(9-11-29)21(31)26-20-25-16(14-37-20)13-18(30)24-15-3-5-17(6-4-15)38(33,34)27-19-23-7-12-36-19/h3-7,12,14H,2,8-11,13H2,1H3,(H,23,27)(H,24,30)(H,25,26,31). The molecule has 0 atom stereocenters. The quantitative estimate of drug-likeness (QED) is 0.367. The van der Waals surface area contributed by atoms with Gasteiger partial charge in [-0.15, -0.1) is 22.7 Å². The number of hydrogen-bond donors (Lipinski definition) is 3. The molecule has 1 aliphatic heterocycles. The van der Waals surface area contributed by atoms with Gasteiger partial charge in [0.05, 0.1) is 23.6 Å². The molecule has 202 valence electrons. The lowest BCUT2D eigenvalue weighted by Gasteiger charge is -2.33. The Hall–Kier alpha value is -3.76. The van der Waals surface area contributed by atoms with Crippen LogP contribution in [0.4, 0.5) is 25.5 Å². The first-order valence-electron chi connectivity index (χ1n) is 11.5. The number of benzene rings is 1. The van der Waals surface area contributed by atoms with Gasteiger partial charge in [-0.05, 0) is 31.2 Å². The van der Waals surface area contributed by atoms with Crippen molar-refractivity contribution >= 4 is 66.7 Å². The Labute approximate surface area is 226 Å². The molecule has 0 unspecified atom stereocenters. The molecule has 0 bridgehead atoms. The normalized spacial score (nSPS) is 13.6. The summed E-state index contributed by atoms with van der Waals surface area (Å²) in [7, 11) is -3.79. The van der Waals surface area contributed by atoms with Crippen molar-refractivity contribution in [3.05, 3.63) is 46.9 Å². The van der Waals surface area contributed by atoms with E-state index >= 15 is 0 Å². The lowest BCUT2D eigenvalue weighted by molar-refractivity contribution is -0.115. The highest BCUT2D eigenvalue weighted by atomic mass is 32.2. The predicted molar refractivity (Wildman–Crippen MR) is 143 cm³/mol. The second kappa shape index (κ2) is 12.2. The molecule has 1 aromatic carbocycles. The van der Waals surface area contributed by atoms with E-state index in [4.69, 9.17) is 4.74 Å². The molecule has 1 saturated heterocycles. The number of hydrogen-bond acceptors (Lipinski definition) is 10. The first-order valence-corrected chi connectivity index (χ1v) is 14.7. The fourth-order valence-corrected chi connectivity index (χ4v) is 5.95. The maximum Gasteiger partial charge on any atom is 0.409 e. The van der Waals surface area contributed by atoms with Crippen molar-refractivity contribution in [3.63, 3.8) is 0 Å². The highest BCUT2D eigenvalue weighted by Crippen LogP contribution is 2.21. The number of thiazole rings is 2. The van der Waals surface area contributed by atoms with E-state index in [1.165, 1.54) is 53.1 Å². The molecule has 0 saturated carbocycles. The average Bonchev–Trinajstić information content (AvgIpc) is 3.56. The van der Waals surface area contributed by atoms with Crippen molar-refractivity contribution in [1.82, 2.24) is 19.8 Å². The van der Waals surface area contributed by atoms with Gasteiger partial charge in [0.1, 0.15) is 0 Å². The van der Waals surface area contributed by atoms with Crippen LogP contribution in [-0.2, 0) is 26.0 Å². The molecule has 4 rings (SSSR count). The summed E-state index contributed by atoms with van der Waals surface area (Å²) in [4.78, 5) is 48.2. The molecule has 3 N–H and O–H groups in total. The van der Waals surface area contributed by atoms with Gasteiger partial charge >= 0.3 is 12.1 Å². The van der Waals surface area contributed by atoms with Crippen LogP contribution < -0.4 is 15.4 Å². The summed E-state index contributed by atoms with van der Waals surface area (Å²) < 4.78 is 32.2. The molecule has 38 heavy (non-hydrogen) atoms. The zero-order valence-electron chi connectivity index (χ0n) is 20.2. The van der Waals surface area contributed by atoms with Crippen molar-refractivity contribution < 1.29 is 27.5 Å². The van der Waals surface area contributed by atoms with E-state index in [-0.39, 0.29) is 34.5 Å². The molecule has 2 aromatic heterocycles. The number of carbonyl (C=O) groups is 3. The molecule has 16 heteroatoms. The largest absolute Gasteiger partial charge is 0.450 e. The third-order valence-corrected chi connectivity index (χ3v) is 8.28. The van der Waals surface area contributed by atoms with Gasteiger partial charge < -0.3 is 19.9 Å². The number of carbonyl (C=O) groups excluding carboxylic acids is 3. The van der Waals surface area contributed by atoms with Crippen molar-refractivity contribution in [2.24, 2.45) is 0 Å². The Balaban J connectivity index is 1.24. The second-order valence-electron chi connectivity index (χ2n) is 7.94. The Morgan fingerprint density at radius 2 is 1.71 bits per heavy atom. The number of anilines is 3. The van der Waals surface area contributed by atoms with Crippen LogP contribution in [0.2, 0.25) is 0 Å². The summed E-state index contributed by atoms with van der Waals surface area (Å²) in [6.45, 7) is 3.53. The molecular weight excluding hydrogens is 554 g/mol. The van der Waals surface area contributed by atoms with Crippen molar-refractivity contribution in [2.45, 2.75) is 18.2 Å². The van der Waals surface area contributed by atoms with Gasteiger partial charge in [0.25, 0.3) is 10.0 Å². The summed E-state index contributed by atoms with van der Waals surface area (Å²) in [6.07, 6.45) is 1.08. The van der Waals surface area contributed by atoms with Gasteiger partial charge in [0.15, 0.2) is 10.3 Å². The zero-order chi connectivity index (χ0) is 27.1. The average molecular weight is 580 g/mol. The molecule has 0 radical (unpaired) electrons. The number of nitrogens with zero attached hydrogens (tertiary/aromatic N) is 4. The fraction of sp³-hybridized carbons (Fsp3) is 0.318. The molecule has 4 amide bonds. The van der Waals surface area contributed by atoms with E-state index in [1.807, 2.05) is 0 Å². The molecule has 1 fully saturated rings. The number of piperazine rings is 1. The lowest BCUT2D eigenvalue weighted by Crippen LogP contribution is -2.51. The molecule has 13 nitrogen and oxygen atoms in total. The Morgan fingerprint density at radius 3 is 2.37 bits per heavy atom. The molecule has 1 aliphatic rings. The van der Waals surface area contributed by atoms with Crippen LogP contribution in [0.1, 0.15) is 12.6 Å². The van der Waals surface area contributed by atoms with Gasteiger partial charge in [-0.25, -0.2) is 28.0 Å². The van der Waals surface area contributed by atoms with Crippen LogP contribution in [0, 0.1) is 0 Å². The summed E-state index contributed by atoms with van der Waals surface area (Å²) in [5, 5.41) is 9.37. The summed E-state index contributed by atoms with van der Waals surface area (Å²) >= 11 is 2.36. The van der Waals surface area contributed by atoms with Crippen LogP contribution >= 0.6 is 22.7 Å². The van der Waals surface area contributed by atoms with Crippen LogP contribution in [0.5, 0.6) is 0 Å². The van der Waals surface area contributed by atoms with Crippen molar-refractivity contribution in [2.75, 3.05) is 48.1 Å². The van der Waals surface area contributed by atoms with Crippen LogP contribution in [0.15, 0.2) is 46.1 Å². The minimum absolute atomic E-state index is 0.0315. The Kier molecular flexibility index (Phi) is 8.75. The minimum atomic E-state index is -3.79. The van der Waals surface area contributed by atoms with E-state index in [9.17, 15) is 22.8 Å². The van der Waals surface area contributed by atoms with Gasteiger partial charge in [-0.2, -0.15) is 0 Å². The van der Waals surface area contributed by atoms with E-state index in [2.05, 4.69) is 25.3 Å². The maximum absolute atomic E-state index is 12.5. The number of nitrogens with one attached hydrogen (secondary N) is 3. The van der Waals surface area contributed by atoms with Gasteiger partial charge in [0.2, 0.25) is 5.91 Å².